The van der Waals surface area contributed by atoms with E-state index in [-0.39, 0.29) is 36.1 Å². The van der Waals surface area contributed by atoms with E-state index in [2.05, 4.69) is 36.1 Å². The number of carbonyl (C=O) groups excluding carboxylic acids is 1. The van der Waals surface area contributed by atoms with Gasteiger partial charge in [0.1, 0.15) is 0 Å². The van der Waals surface area contributed by atoms with Crippen molar-refractivity contribution in [1.82, 2.24) is 15.3 Å². The third-order valence-corrected chi connectivity index (χ3v) is 7.11. The summed E-state index contributed by atoms with van der Waals surface area (Å²) in [6, 6.07) is 0.221. The summed E-state index contributed by atoms with van der Waals surface area (Å²) in [6.45, 7) is 8.59. The van der Waals surface area contributed by atoms with Gasteiger partial charge in [-0.15, -0.1) is 0 Å². The van der Waals surface area contributed by atoms with E-state index in [1.807, 2.05) is 0 Å². The average molecular weight is 424 g/mol. The summed E-state index contributed by atoms with van der Waals surface area (Å²) in [5, 5.41) is 12.3. The van der Waals surface area contributed by atoms with E-state index in [9.17, 15) is 14.4 Å². The van der Waals surface area contributed by atoms with Gasteiger partial charge in [-0.05, 0) is 50.4 Å². The highest BCUT2D eigenvalue weighted by molar-refractivity contribution is 7.99. The highest BCUT2D eigenvalue weighted by Gasteiger charge is 2.32. The molecule has 2 rings (SSSR count). The molecule has 0 aromatic carbocycles. The molecule has 7 nitrogen and oxygen atoms in total. The molecular weight excluding hydrogens is 390 g/mol. The van der Waals surface area contributed by atoms with Gasteiger partial charge in [0, 0.05) is 23.7 Å². The van der Waals surface area contributed by atoms with E-state index >= 15 is 0 Å². The van der Waals surface area contributed by atoms with Crippen molar-refractivity contribution in [1.29, 1.82) is 0 Å². The van der Waals surface area contributed by atoms with Crippen molar-refractivity contribution in [2.24, 2.45) is 11.3 Å². The summed E-state index contributed by atoms with van der Waals surface area (Å²) in [5.41, 5.74) is 0.915. The van der Waals surface area contributed by atoms with Gasteiger partial charge in [-0.25, -0.2) is 4.98 Å². The summed E-state index contributed by atoms with van der Waals surface area (Å²) in [4.78, 5) is 42.2. The number of aromatic amines is 1. The van der Waals surface area contributed by atoms with Crippen LogP contribution in [-0.4, -0.2) is 38.7 Å². The van der Waals surface area contributed by atoms with E-state index in [0.717, 1.165) is 25.7 Å². The molecule has 0 unspecified atom stereocenters. The number of aryl methyl sites for hydroxylation is 1. The Bertz CT molecular complexity index is 783. The lowest BCUT2D eigenvalue weighted by atomic mass is 9.69. The van der Waals surface area contributed by atoms with Gasteiger partial charge in [-0.1, -0.05) is 39.0 Å². The van der Waals surface area contributed by atoms with Crippen LogP contribution in [0.5, 0.6) is 0 Å². The number of nitrogens with zero attached hydrogens (tertiary/aromatic N) is 1. The number of H-pyrrole nitrogens is 1. The zero-order valence-electron chi connectivity index (χ0n) is 17.8. The molecule has 1 aliphatic carbocycles. The number of hydrogen-bond acceptors (Lipinski definition) is 5. The van der Waals surface area contributed by atoms with E-state index < -0.39 is 5.97 Å². The fourth-order valence-electron chi connectivity index (χ4n) is 3.89. The minimum Gasteiger partial charge on any atom is -0.481 e. The van der Waals surface area contributed by atoms with Gasteiger partial charge in [0.25, 0.3) is 5.56 Å². The first-order valence-electron chi connectivity index (χ1n) is 10.4. The molecule has 0 atom stereocenters. The van der Waals surface area contributed by atoms with Crippen LogP contribution in [0.4, 0.5) is 0 Å². The predicted molar refractivity (Wildman–Crippen MR) is 114 cm³/mol. The average Bonchev–Trinajstić information content (AvgIpc) is 2.66. The zero-order valence-corrected chi connectivity index (χ0v) is 18.7. The molecule has 1 amide bonds. The van der Waals surface area contributed by atoms with Crippen molar-refractivity contribution < 1.29 is 14.7 Å². The van der Waals surface area contributed by atoms with Gasteiger partial charge in [-0.2, -0.15) is 0 Å². The molecule has 0 aliphatic heterocycles. The fourth-order valence-corrected chi connectivity index (χ4v) is 4.61. The van der Waals surface area contributed by atoms with Crippen LogP contribution < -0.4 is 10.9 Å². The Morgan fingerprint density at radius 3 is 2.48 bits per heavy atom. The molecule has 8 heteroatoms. The molecule has 29 heavy (non-hydrogen) atoms. The normalized spacial score (nSPS) is 19.7. The van der Waals surface area contributed by atoms with Crippen LogP contribution in [0, 0.1) is 18.3 Å². The van der Waals surface area contributed by atoms with Gasteiger partial charge in [-0.3, -0.25) is 14.4 Å². The molecule has 1 aromatic heterocycles. The Morgan fingerprint density at radius 1 is 1.28 bits per heavy atom. The lowest BCUT2D eigenvalue weighted by molar-refractivity contribution is -0.137. The van der Waals surface area contributed by atoms with Gasteiger partial charge >= 0.3 is 5.97 Å². The van der Waals surface area contributed by atoms with E-state index in [0.29, 0.717) is 27.7 Å². The minimum absolute atomic E-state index is 0.0524. The van der Waals surface area contributed by atoms with E-state index in [1.165, 1.54) is 18.2 Å². The number of aromatic nitrogens is 2. The number of carboxylic acids is 1. The Hall–Kier alpha value is -1.83. The Balaban J connectivity index is 1.82. The van der Waals surface area contributed by atoms with Crippen LogP contribution in [-0.2, 0) is 16.0 Å². The molecule has 0 spiro atoms. The molecule has 0 radical (unpaired) electrons. The Morgan fingerprint density at radius 2 is 1.93 bits per heavy atom. The largest absolute Gasteiger partial charge is 0.481 e. The van der Waals surface area contributed by atoms with E-state index in [4.69, 9.17) is 5.11 Å². The van der Waals surface area contributed by atoms with E-state index in [1.54, 1.807) is 6.92 Å². The van der Waals surface area contributed by atoms with Crippen LogP contribution in [0.1, 0.15) is 70.6 Å². The maximum absolute atomic E-state index is 12.3. The smallest absolute Gasteiger partial charge is 0.303 e. The molecule has 1 aliphatic rings. The quantitative estimate of drug-likeness (QED) is 0.415. The first-order valence-corrected chi connectivity index (χ1v) is 11.3. The maximum atomic E-state index is 12.3. The van der Waals surface area contributed by atoms with Gasteiger partial charge in [0.15, 0.2) is 5.16 Å². The molecule has 1 saturated carbocycles. The van der Waals surface area contributed by atoms with Crippen LogP contribution in [0.3, 0.4) is 0 Å². The second-order valence-electron chi connectivity index (χ2n) is 8.58. The SMILES string of the molecule is CCC(C)(C)C1CCC(NC(=O)CSc2nc(C)c(CCC(=O)O)c(=O)[nH]2)CC1. The zero-order chi connectivity index (χ0) is 21.6. The summed E-state index contributed by atoms with van der Waals surface area (Å²) < 4.78 is 0. The maximum Gasteiger partial charge on any atom is 0.303 e. The third-order valence-electron chi connectivity index (χ3n) is 6.24. The number of carboxylic acid groups (broad SMARTS) is 1. The molecule has 1 fully saturated rings. The topological polar surface area (TPSA) is 112 Å². The number of nitrogens with one attached hydrogen (secondary N) is 2. The van der Waals surface area contributed by atoms with Crippen LogP contribution in [0.25, 0.3) is 0 Å². The highest BCUT2D eigenvalue weighted by Crippen LogP contribution is 2.40. The minimum atomic E-state index is -0.953. The van der Waals surface area contributed by atoms with Gasteiger partial charge in [0.2, 0.25) is 5.91 Å². The third kappa shape index (κ3) is 6.87. The molecule has 1 heterocycles. The molecule has 0 saturated heterocycles. The highest BCUT2D eigenvalue weighted by atomic mass is 32.2. The second-order valence-corrected chi connectivity index (χ2v) is 9.54. The molecule has 3 N–H and O–H groups in total. The lowest BCUT2D eigenvalue weighted by Crippen LogP contribution is -2.40. The number of aliphatic carboxylic acids is 1. The number of thioether (sulfide) groups is 1. The van der Waals surface area contributed by atoms with Gasteiger partial charge < -0.3 is 15.4 Å². The number of amides is 1. The Labute approximate surface area is 176 Å². The summed E-state index contributed by atoms with van der Waals surface area (Å²) >= 11 is 1.19. The lowest BCUT2D eigenvalue weighted by Gasteiger charge is -2.39. The van der Waals surface area contributed by atoms with Crippen molar-refractivity contribution in [3.63, 3.8) is 0 Å². The monoisotopic (exact) mass is 423 g/mol. The van der Waals surface area contributed by atoms with Crippen molar-refractivity contribution in [3.05, 3.63) is 21.6 Å². The summed E-state index contributed by atoms with van der Waals surface area (Å²) in [5.74, 6) is -0.0985. The molecule has 162 valence electrons. The van der Waals surface area contributed by atoms with Crippen molar-refractivity contribution in [3.8, 4) is 0 Å². The first kappa shape index (κ1) is 23.4. The second kappa shape index (κ2) is 10.3. The molecule has 0 bridgehead atoms. The molecule has 1 aromatic rings. The predicted octanol–water partition coefficient (Wildman–Crippen LogP) is 3.30. The van der Waals surface area contributed by atoms with Gasteiger partial charge in [0.05, 0.1) is 5.75 Å². The first-order chi connectivity index (χ1) is 13.6. The van der Waals surface area contributed by atoms with Crippen LogP contribution in [0.2, 0.25) is 0 Å². The van der Waals surface area contributed by atoms with Crippen molar-refractivity contribution >= 4 is 23.6 Å². The number of rotatable bonds is 9. The molecular formula is C21H33N3O4S. The van der Waals surface area contributed by atoms with Crippen molar-refractivity contribution in [2.75, 3.05) is 5.75 Å². The standard InChI is InChI=1S/C21H33N3O4S/c1-5-21(3,4)14-6-8-15(9-7-14)23-17(25)12-29-20-22-13(2)16(19(28)24-20)10-11-18(26)27/h14-15H,5-12H2,1-4H3,(H,23,25)(H,26,27)(H,22,24,28). The number of carbonyl (C=O) groups is 2. The summed E-state index contributed by atoms with van der Waals surface area (Å²) in [7, 11) is 0. The fraction of sp³-hybridized carbons (Fsp3) is 0.714. The van der Waals surface area contributed by atoms with Crippen molar-refractivity contribution in [2.45, 2.75) is 83.8 Å². The van der Waals surface area contributed by atoms with Crippen LogP contribution >= 0.6 is 11.8 Å². The van der Waals surface area contributed by atoms with Crippen LogP contribution in [0.15, 0.2) is 9.95 Å². The Kier molecular flexibility index (Phi) is 8.31. The number of hydrogen-bond donors (Lipinski definition) is 3. The summed E-state index contributed by atoms with van der Waals surface area (Å²) in [6.07, 6.45) is 5.51.